The molecule has 6 rings (SSSR count). The molecule has 1 aliphatic carbocycles. The van der Waals surface area contributed by atoms with Crippen molar-refractivity contribution in [2.24, 2.45) is 5.92 Å². The Bertz CT molecular complexity index is 1350. The molecule has 0 radical (unpaired) electrons. The summed E-state index contributed by atoms with van der Waals surface area (Å²) in [5.41, 5.74) is 5.09. The van der Waals surface area contributed by atoms with Gasteiger partial charge >= 0.3 is 5.97 Å². The highest BCUT2D eigenvalue weighted by atomic mass is 35.5. The van der Waals surface area contributed by atoms with Crippen molar-refractivity contribution in [2.45, 2.75) is 25.3 Å². The number of rotatable bonds is 4. The standard InChI is InChI=1S/C27H26ClN3O4/c28-25-19(2-1-3-23(25)30-8-10-34-11-9-30)24-13-17-12-20-18(21(14-29)26(17)35-24)4-5-22(20)31-7-6-16(15-31)27(32)33/h1-3,12-13,16,22H,4-11,15H2,(H,32,33). The largest absolute Gasteiger partial charge is 0.481 e. The minimum atomic E-state index is -0.727. The maximum absolute atomic E-state index is 11.5. The molecule has 2 saturated heterocycles. The van der Waals surface area contributed by atoms with Crippen molar-refractivity contribution in [2.75, 3.05) is 44.3 Å². The van der Waals surface area contributed by atoms with Crippen molar-refractivity contribution >= 4 is 34.2 Å². The Labute approximate surface area is 208 Å². The second kappa shape index (κ2) is 8.87. The molecule has 2 unspecified atom stereocenters. The van der Waals surface area contributed by atoms with Crippen LogP contribution in [0, 0.1) is 17.2 Å². The Morgan fingerprint density at radius 3 is 2.74 bits per heavy atom. The van der Waals surface area contributed by atoms with Gasteiger partial charge in [-0.2, -0.15) is 5.26 Å². The maximum Gasteiger partial charge on any atom is 0.307 e. The molecule has 3 aliphatic rings. The summed E-state index contributed by atoms with van der Waals surface area (Å²) in [5.74, 6) is -0.405. The molecule has 2 aromatic carbocycles. The van der Waals surface area contributed by atoms with Gasteiger partial charge in [0.1, 0.15) is 11.8 Å². The van der Waals surface area contributed by atoms with E-state index in [1.807, 2.05) is 24.3 Å². The molecule has 35 heavy (non-hydrogen) atoms. The maximum atomic E-state index is 11.5. The lowest BCUT2D eigenvalue weighted by Crippen LogP contribution is -2.36. The third-order valence-corrected chi connectivity index (χ3v) is 8.09. The first-order valence-electron chi connectivity index (χ1n) is 12.1. The van der Waals surface area contributed by atoms with E-state index in [1.165, 1.54) is 0 Å². The number of anilines is 1. The van der Waals surface area contributed by atoms with Crippen molar-refractivity contribution < 1.29 is 19.1 Å². The zero-order valence-corrected chi connectivity index (χ0v) is 20.1. The average Bonchev–Trinajstić information content (AvgIpc) is 3.61. The fourth-order valence-electron chi connectivity index (χ4n) is 5.91. The number of morpholine rings is 1. The summed E-state index contributed by atoms with van der Waals surface area (Å²) in [5, 5.41) is 21.0. The predicted molar refractivity (Wildman–Crippen MR) is 133 cm³/mol. The van der Waals surface area contributed by atoms with E-state index >= 15 is 0 Å². The lowest BCUT2D eigenvalue weighted by Gasteiger charge is -2.30. The zero-order valence-electron chi connectivity index (χ0n) is 19.3. The van der Waals surface area contributed by atoms with Crippen molar-refractivity contribution in [1.82, 2.24) is 4.90 Å². The SMILES string of the molecule is N#Cc1c2c(cc3cc(-c4cccc(N5CCOCC5)c4Cl)oc13)C(N1CCC(C(=O)O)C1)CC2. The molecule has 3 heterocycles. The van der Waals surface area contributed by atoms with Gasteiger partial charge in [0, 0.05) is 36.6 Å². The van der Waals surface area contributed by atoms with Crippen LogP contribution in [-0.4, -0.2) is 55.4 Å². The number of hydrogen-bond donors (Lipinski definition) is 1. The van der Waals surface area contributed by atoms with Crippen LogP contribution in [0.5, 0.6) is 0 Å². The van der Waals surface area contributed by atoms with E-state index in [0.29, 0.717) is 48.1 Å². The molecule has 0 bridgehead atoms. The van der Waals surface area contributed by atoms with Gasteiger partial charge in [-0.1, -0.05) is 17.7 Å². The van der Waals surface area contributed by atoms with Crippen LogP contribution in [0.1, 0.15) is 35.6 Å². The number of ether oxygens (including phenoxy) is 1. The van der Waals surface area contributed by atoms with E-state index in [1.54, 1.807) is 0 Å². The van der Waals surface area contributed by atoms with Gasteiger partial charge in [-0.25, -0.2) is 0 Å². The first-order valence-corrected chi connectivity index (χ1v) is 12.5. The van der Waals surface area contributed by atoms with Crippen molar-refractivity contribution in [3.63, 3.8) is 0 Å². The molecule has 3 aromatic rings. The Balaban J connectivity index is 1.39. The van der Waals surface area contributed by atoms with E-state index in [2.05, 4.69) is 21.9 Å². The molecular weight excluding hydrogens is 466 g/mol. The highest BCUT2D eigenvalue weighted by Crippen LogP contribution is 2.45. The van der Waals surface area contributed by atoms with Crippen molar-refractivity contribution in [3.8, 4) is 17.4 Å². The Morgan fingerprint density at radius 2 is 2.00 bits per heavy atom. The van der Waals surface area contributed by atoms with Gasteiger partial charge in [-0.15, -0.1) is 0 Å². The summed E-state index contributed by atoms with van der Waals surface area (Å²) in [6.07, 6.45) is 2.35. The summed E-state index contributed by atoms with van der Waals surface area (Å²) < 4.78 is 11.8. The fraction of sp³-hybridized carbons (Fsp3) is 0.407. The van der Waals surface area contributed by atoms with Crippen LogP contribution in [0.25, 0.3) is 22.3 Å². The molecule has 0 amide bonds. The number of furan rings is 1. The quantitative estimate of drug-likeness (QED) is 0.557. The van der Waals surface area contributed by atoms with E-state index in [9.17, 15) is 15.2 Å². The molecule has 2 atom stereocenters. The van der Waals surface area contributed by atoms with Gasteiger partial charge < -0.3 is 19.2 Å². The average molecular weight is 492 g/mol. The number of carboxylic acid groups (broad SMARTS) is 1. The number of carboxylic acids is 1. The number of aliphatic carboxylic acids is 1. The topological polar surface area (TPSA) is 89.9 Å². The molecule has 8 heteroatoms. The number of nitriles is 1. The first kappa shape index (κ1) is 22.4. The fourth-order valence-corrected chi connectivity index (χ4v) is 6.25. The van der Waals surface area contributed by atoms with Gasteiger partial charge in [0.15, 0.2) is 5.58 Å². The molecule has 7 nitrogen and oxygen atoms in total. The highest BCUT2D eigenvalue weighted by molar-refractivity contribution is 6.36. The lowest BCUT2D eigenvalue weighted by molar-refractivity contribution is -0.141. The molecule has 2 fully saturated rings. The minimum absolute atomic E-state index is 0.137. The van der Waals surface area contributed by atoms with Crippen LogP contribution in [0.2, 0.25) is 5.02 Å². The van der Waals surface area contributed by atoms with Crippen LogP contribution >= 0.6 is 11.6 Å². The van der Waals surface area contributed by atoms with Crippen LogP contribution in [0.3, 0.4) is 0 Å². The second-order valence-corrected chi connectivity index (χ2v) is 9.95. The summed E-state index contributed by atoms with van der Waals surface area (Å²) in [6.45, 7) is 4.24. The number of nitrogens with zero attached hydrogens (tertiary/aromatic N) is 3. The Morgan fingerprint density at radius 1 is 1.17 bits per heavy atom. The van der Waals surface area contributed by atoms with E-state index in [4.69, 9.17) is 20.8 Å². The number of halogens is 1. The Hall–Kier alpha value is -3.05. The lowest BCUT2D eigenvalue weighted by atomic mass is 9.99. The highest BCUT2D eigenvalue weighted by Gasteiger charge is 2.37. The monoisotopic (exact) mass is 491 g/mol. The van der Waals surface area contributed by atoms with Gasteiger partial charge in [0.05, 0.1) is 35.4 Å². The van der Waals surface area contributed by atoms with Gasteiger partial charge in [0.25, 0.3) is 0 Å². The predicted octanol–water partition coefficient (Wildman–Crippen LogP) is 4.86. The molecule has 1 aromatic heterocycles. The third kappa shape index (κ3) is 3.77. The number of fused-ring (bicyclic) bond motifs is 2. The van der Waals surface area contributed by atoms with Crippen LogP contribution < -0.4 is 4.90 Å². The first-order chi connectivity index (χ1) is 17.0. The summed E-state index contributed by atoms with van der Waals surface area (Å²) >= 11 is 6.87. The normalized spacial score (nSPS) is 22.5. The van der Waals surface area contributed by atoms with Gasteiger partial charge in [0.2, 0.25) is 0 Å². The molecule has 1 N–H and O–H groups in total. The smallest absolute Gasteiger partial charge is 0.307 e. The third-order valence-electron chi connectivity index (χ3n) is 7.69. The van der Waals surface area contributed by atoms with Crippen LogP contribution in [0.15, 0.2) is 34.7 Å². The summed E-state index contributed by atoms with van der Waals surface area (Å²) in [7, 11) is 0. The summed E-state index contributed by atoms with van der Waals surface area (Å²) in [4.78, 5) is 16.0. The van der Waals surface area contributed by atoms with E-state index in [0.717, 1.165) is 60.2 Å². The van der Waals surface area contributed by atoms with E-state index < -0.39 is 5.97 Å². The number of likely N-dealkylation sites (tertiary alicyclic amines) is 1. The Kier molecular flexibility index (Phi) is 5.68. The molecule has 2 aliphatic heterocycles. The zero-order chi connectivity index (χ0) is 24.1. The number of hydrogen-bond acceptors (Lipinski definition) is 6. The van der Waals surface area contributed by atoms with Crippen molar-refractivity contribution in [3.05, 3.63) is 52.0 Å². The minimum Gasteiger partial charge on any atom is -0.481 e. The number of carbonyl (C=O) groups is 1. The van der Waals surface area contributed by atoms with E-state index in [-0.39, 0.29) is 12.0 Å². The van der Waals surface area contributed by atoms with Crippen LogP contribution in [0.4, 0.5) is 5.69 Å². The molecule has 180 valence electrons. The molecule has 0 saturated carbocycles. The number of benzene rings is 2. The van der Waals surface area contributed by atoms with Gasteiger partial charge in [-0.3, -0.25) is 9.69 Å². The van der Waals surface area contributed by atoms with Gasteiger partial charge in [-0.05, 0) is 61.2 Å². The van der Waals surface area contributed by atoms with Crippen molar-refractivity contribution in [1.29, 1.82) is 5.26 Å². The molecule has 0 spiro atoms. The molecular formula is C27H26ClN3O4. The summed E-state index contributed by atoms with van der Waals surface area (Å²) in [6, 6.07) is 12.6. The van der Waals surface area contributed by atoms with Crippen LogP contribution in [-0.2, 0) is 16.0 Å². The second-order valence-electron chi connectivity index (χ2n) is 9.57.